The second kappa shape index (κ2) is 4.41. The molecule has 1 aromatic heterocycles. The largest absolute Gasteiger partial charge is 0.416 e. The van der Waals surface area contributed by atoms with Crippen LogP contribution in [0.3, 0.4) is 0 Å². The van der Waals surface area contributed by atoms with Crippen LogP contribution < -0.4 is 0 Å². The molecule has 18 heavy (non-hydrogen) atoms. The van der Waals surface area contributed by atoms with Crippen LogP contribution in [0.5, 0.6) is 0 Å². The summed E-state index contributed by atoms with van der Waals surface area (Å²) in [7, 11) is 1.61. The molecule has 96 valence electrons. The number of alkyl halides is 3. The van der Waals surface area contributed by atoms with E-state index in [1.54, 1.807) is 7.05 Å². The minimum Gasteiger partial charge on any atom is -0.390 e. The van der Waals surface area contributed by atoms with Crippen molar-refractivity contribution in [1.82, 2.24) is 15.0 Å². The van der Waals surface area contributed by atoms with Crippen molar-refractivity contribution in [3.05, 3.63) is 35.5 Å². The average molecular weight is 257 g/mol. The van der Waals surface area contributed by atoms with Crippen LogP contribution in [0.25, 0.3) is 11.3 Å². The first-order valence-electron chi connectivity index (χ1n) is 5.10. The van der Waals surface area contributed by atoms with Crippen molar-refractivity contribution in [3.63, 3.8) is 0 Å². The van der Waals surface area contributed by atoms with Gasteiger partial charge >= 0.3 is 6.18 Å². The van der Waals surface area contributed by atoms with Crippen molar-refractivity contribution in [3.8, 4) is 11.3 Å². The van der Waals surface area contributed by atoms with E-state index in [4.69, 9.17) is 5.11 Å². The van der Waals surface area contributed by atoms with Crippen molar-refractivity contribution in [2.24, 2.45) is 7.05 Å². The molecular weight excluding hydrogens is 247 g/mol. The number of rotatable bonds is 2. The fourth-order valence-corrected chi connectivity index (χ4v) is 1.68. The molecule has 1 heterocycles. The standard InChI is InChI=1S/C11H10F3N3O/c1-17-10(9(6-18)15-16-17)7-2-4-8(5-3-7)11(12,13)14/h2-5,18H,6H2,1H3. The van der Waals surface area contributed by atoms with E-state index in [1.807, 2.05) is 0 Å². The molecule has 0 aliphatic rings. The van der Waals surface area contributed by atoms with Crippen molar-refractivity contribution in [1.29, 1.82) is 0 Å². The lowest BCUT2D eigenvalue weighted by Gasteiger charge is -2.08. The number of hydrogen-bond acceptors (Lipinski definition) is 3. The van der Waals surface area contributed by atoms with E-state index in [1.165, 1.54) is 16.8 Å². The van der Waals surface area contributed by atoms with E-state index in [0.717, 1.165) is 12.1 Å². The number of aryl methyl sites for hydroxylation is 1. The maximum Gasteiger partial charge on any atom is 0.416 e. The van der Waals surface area contributed by atoms with Crippen LogP contribution >= 0.6 is 0 Å². The molecule has 7 heteroatoms. The minimum atomic E-state index is -4.36. The highest BCUT2D eigenvalue weighted by Crippen LogP contribution is 2.31. The van der Waals surface area contributed by atoms with Crippen LogP contribution in [0.1, 0.15) is 11.3 Å². The molecule has 4 nitrogen and oxygen atoms in total. The Morgan fingerprint density at radius 2 is 1.83 bits per heavy atom. The summed E-state index contributed by atoms with van der Waals surface area (Å²) < 4.78 is 38.7. The SMILES string of the molecule is Cn1nnc(CO)c1-c1ccc(C(F)(F)F)cc1. The Hall–Kier alpha value is -1.89. The predicted molar refractivity (Wildman–Crippen MR) is 57.4 cm³/mol. The Balaban J connectivity index is 2.43. The van der Waals surface area contributed by atoms with Crippen LogP contribution in [0, 0.1) is 0 Å². The van der Waals surface area contributed by atoms with Crippen molar-refractivity contribution in [2.75, 3.05) is 0 Å². The number of aliphatic hydroxyl groups excluding tert-OH is 1. The summed E-state index contributed by atoms with van der Waals surface area (Å²) in [5, 5.41) is 16.5. The van der Waals surface area contributed by atoms with E-state index in [0.29, 0.717) is 17.0 Å². The minimum absolute atomic E-state index is 0.315. The summed E-state index contributed by atoms with van der Waals surface area (Å²) in [5.74, 6) is 0. The third kappa shape index (κ3) is 2.21. The number of nitrogens with zero attached hydrogens (tertiary/aromatic N) is 3. The molecule has 0 saturated carbocycles. The van der Waals surface area contributed by atoms with Gasteiger partial charge in [0.1, 0.15) is 5.69 Å². The number of hydrogen-bond donors (Lipinski definition) is 1. The first-order chi connectivity index (χ1) is 8.43. The Kier molecular flexibility index (Phi) is 3.08. The summed E-state index contributed by atoms with van der Waals surface area (Å²) in [6.07, 6.45) is -4.36. The predicted octanol–water partition coefficient (Wildman–Crippen LogP) is 1.99. The molecule has 2 aromatic rings. The quantitative estimate of drug-likeness (QED) is 0.895. The molecule has 0 radical (unpaired) electrons. The highest BCUT2D eigenvalue weighted by Gasteiger charge is 2.30. The van der Waals surface area contributed by atoms with Gasteiger partial charge in [-0.1, -0.05) is 17.3 Å². The van der Waals surface area contributed by atoms with Gasteiger partial charge in [0, 0.05) is 12.6 Å². The third-order valence-electron chi connectivity index (χ3n) is 2.53. The summed E-state index contributed by atoms with van der Waals surface area (Å²) in [4.78, 5) is 0. The van der Waals surface area contributed by atoms with Gasteiger partial charge in [-0.2, -0.15) is 13.2 Å². The van der Waals surface area contributed by atoms with Gasteiger partial charge in [0.25, 0.3) is 0 Å². The molecule has 1 N–H and O–H groups in total. The van der Waals surface area contributed by atoms with Gasteiger partial charge in [-0.25, -0.2) is 4.68 Å². The van der Waals surface area contributed by atoms with Crippen LogP contribution in [-0.2, 0) is 19.8 Å². The maximum absolute atomic E-state index is 12.4. The second-order valence-corrected chi connectivity index (χ2v) is 3.74. The highest BCUT2D eigenvalue weighted by molar-refractivity contribution is 5.62. The van der Waals surface area contributed by atoms with Crippen molar-refractivity contribution < 1.29 is 18.3 Å². The first kappa shape index (κ1) is 12.6. The molecule has 2 rings (SSSR count). The van der Waals surface area contributed by atoms with Crippen LogP contribution in [0.15, 0.2) is 24.3 Å². The highest BCUT2D eigenvalue weighted by atomic mass is 19.4. The molecule has 0 amide bonds. The number of aliphatic hydroxyl groups is 1. The fraction of sp³-hybridized carbons (Fsp3) is 0.273. The zero-order valence-corrected chi connectivity index (χ0v) is 9.44. The summed E-state index contributed by atoms with van der Waals surface area (Å²) >= 11 is 0. The zero-order valence-electron chi connectivity index (χ0n) is 9.44. The lowest BCUT2D eigenvalue weighted by molar-refractivity contribution is -0.137. The molecule has 0 aliphatic carbocycles. The first-order valence-corrected chi connectivity index (χ1v) is 5.10. The summed E-state index contributed by atoms with van der Waals surface area (Å²) in [5.41, 5.74) is 0.648. The molecule has 0 spiro atoms. The van der Waals surface area contributed by atoms with E-state index in [9.17, 15) is 13.2 Å². The monoisotopic (exact) mass is 257 g/mol. The smallest absolute Gasteiger partial charge is 0.390 e. The summed E-state index contributed by atoms with van der Waals surface area (Å²) in [6.45, 7) is -0.315. The number of benzene rings is 1. The van der Waals surface area contributed by atoms with Gasteiger partial charge in [0.2, 0.25) is 0 Å². The van der Waals surface area contributed by atoms with E-state index in [2.05, 4.69) is 10.3 Å². The third-order valence-corrected chi connectivity index (χ3v) is 2.53. The van der Waals surface area contributed by atoms with Gasteiger partial charge in [-0.15, -0.1) is 5.10 Å². The Morgan fingerprint density at radius 3 is 2.33 bits per heavy atom. The van der Waals surface area contributed by atoms with E-state index >= 15 is 0 Å². The second-order valence-electron chi connectivity index (χ2n) is 3.74. The lowest BCUT2D eigenvalue weighted by Crippen LogP contribution is -2.04. The zero-order chi connectivity index (χ0) is 13.3. The van der Waals surface area contributed by atoms with Gasteiger partial charge < -0.3 is 5.11 Å². The fourth-order valence-electron chi connectivity index (χ4n) is 1.68. The van der Waals surface area contributed by atoms with Gasteiger partial charge in [-0.3, -0.25) is 0 Å². The van der Waals surface area contributed by atoms with Gasteiger partial charge in [0.05, 0.1) is 17.9 Å². The van der Waals surface area contributed by atoms with E-state index < -0.39 is 11.7 Å². The van der Waals surface area contributed by atoms with Crippen LogP contribution in [-0.4, -0.2) is 20.1 Å². The van der Waals surface area contributed by atoms with Crippen molar-refractivity contribution in [2.45, 2.75) is 12.8 Å². The normalized spacial score (nSPS) is 11.8. The molecule has 0 aliphatic heterocycles. The molecule has 1 aromatic carbocycles. The van der Waals surface area contributed by atoms with Gasteiger partial charge in [0.15, 0.2) is 0 Å². The number of halogens is 3. The Labute approximate surface area is 101 Å². The topological polar surface area (TPSA) is 50.9 Å². The average Bonchev–Trinajstić information content (AvgIpc) is 2.69. The van der Waals surface area contributed by atoms with E-state index in [-0.39, 0.29) is 6.61 Å². The Morgan fingerprint density at radius 1 is 1.22 bits per heavy atom. The molecule has 0 atom stereocenters. The molecule has 0 bridgehead atoms. The summed E-state index contributed by atoms with van der Waals surface area (Å²) in [6, 6.07) is 4.65. The van der Waals surface area contributed by atoms with Crippen LogP contribution in [0.4, 0.5) is 13.2 Å². The molecular formula is C11H10F3N3O. The van der Waals surface area contributed by atoms with Gasteiger partial charge in [-0.05, 0) is 12.1 Å². The number of aromatic nitrogens is 3. The molecule has 0 unspecified atom stereocenters. The van der Waals surface area contributed by atoms with Crippen LogP contribution in [0.2, 0.25) is 0 Å². The molecule has 0 fully saturated rings. The lowest BCUT2D eigenvalue weighted by atomic mass is 10.1. The maximum atomic E-state index is 12.4. The Bertz CT molecular complexity index is 546. The van der Waals surface area contributed by atoms with Crippen molar-refractivity contribution >= 4 is 0 Å². The molecule has 0 saturated heterocycles.